The zero-order valence-corrected chi connectivity index (χ0v) is 11.9. The van der Waals surface area contributed by atoms with Crippen LogP contribution < -0.4 is 0 Å². The molecule has 114 valence electrons. The van der Waals surface area contributed by atoms with Crippen molar-refractivity contribution in [1.29, 1.82) is 0 Å². The van der Waals surface area contributed by atoms with Gasteiger partial charge in [-0.1, -0.05) is 0 Å². The minimum atomic E-state index is -2.26. The summed E-state index contributed by atoms with van der Waals surface area (Å²) >= 11 is 1.55. The summed E-state index contributed by atoms with van der Waals surface area (Å²) in [5.74, 6) is -16.6. The van der Waals surface area contributed by atoms with E-state index in [-0.39, 0.29) is 0 Å². The van der Waals surface area contributed by atoms with Gasteiger partial charge in [0.15, 0.2) is 0 Å². The first-order valence-corrected chi connectivity index (χ1v) is 6.68. The molecule has 22 heavy (non-hydrogen) atoms. The Kier molecular flexibility index (Phi) is 3.29. The van der Waals surface area contributed by atoms with Gasteiger partial charge in [0.25, 0.3) is 0 Å². The summed E-state index contributed by atoms with van der Waals surface area (Å²) in [4.78, 5) is 0. The molecule has 0 nitrogen and oxygen atoms in total. The van der Waals surface area contributed by atoms with Crippen molar-refractivity contribution in [2.24, 2.45) is 0 Å². The Hall–Kier alpha value is -1.56. The predicted molar refractivity (Wildman–Crippen MR) is 59.1 cm³/mol. The molecule has 2 aromatic carbocycles. The molecular weight excluding hydrogens is 383 g/mol. The molecule has 0 aromatic heterocycles. The van der Waals surface area contributed by atoms with Gasteiger partial charge in [0.1, 0.15) is 0 Å². The van der Waals surface area contributed by atoms with E-state index < -0.39 is 73.5 Å². The van der Waals surface area contributed by atoms with Crippen LogP contribution >= 0.6 is 0 Å². The van der Waals surface area contributed by atoms with Gasteiger partial charge < -0.3 is 0 Å². The molecule has 0 heterocycles. The molecule has 9 heteroatoms. The molecule has 2 radical (unpaired) electrons. The number of benzene rings is 2. The van der Waals surface area contributed by atoms with Gasteiger partial charge in [0.05, 0.1) is 0 Å². The maximum atomic E-state index is 13.8. The fourth-order valence-electron chi connectivity index (χ4n) is 2.44. The summed E-state index contributed by atoms with van der Waals surface area (Å²) in [5.41, 5.74) is -4.16. The molecule has 0 saturated heterocycles. The fourth-order valence-corrected chi connectivity index (χ4v) is 3.46. The van der Waals surface area contributed by atoms with E-state index >= 15 is 0 Å². The summed E-state index contributed by atoms with van der Waals surface area (Å²) in [6.07, 6.45) is 0. The molecule has 0 spiro atoms. The molecule has 2 aromatic rings. The molecule has 0 fully saturated rings. The molecule has 0 amide bonds. The van der Waals surface area contributed by atoms with Crippen LogP contribution in [0.5, 0.6) is 0 Å². The Labute approximate surface area is 126 Å². The van der Waals surface area contributed by atoms with Crippen LogP contribution in [0.15, 0.2) is 0 Å². The number of fused-ring (bicyclic) bond motifs is 3. The van der Waals surface area contributed by atoms with E-state index in [0.29, 0.717) is 0 Å². The fraction of sp³-hybridized carbons (Fsp3) is 0.0769. The molecule has 0 bridgehead atoms. The van der Waals surface area contributed by atoms with E-state index in [0.717, 1.165) is 0 Å². The van der Waals surface area contributed by atoms with E-state index in [1.54, 1.807) is 16.9 Å². The van der Waals surface area contributed by atoms with Crippen LogP contribution in [0, 0.1) is 46.5 Å². The van der Waals surface area contributed by atoms with Crippen molar-refractivity contribution in [1.82, 2.24) is 0 Å². The second kappa shape index (κ2) is 4.71. The molecule has 1 aliphatic carbocycles. The van der Waals surface area contributed by atoms with Gasteiger partial charge in [-0.3, -0.25) is 0 Å². The normalized spacial score (nSPS) is 13.5. The van der Waals surface area contributed by atoms with Crippen molar-refractivity contribution in [3.05, 3.63) is 57.7 Å². The molecule has 0 N–H and O–H groups in total. The molecule has 1 aliphatic rings. The molecule has 3 rings (SSSR count). The van der Waals surface area contributed by atoms with Gasteiger partial charge in [-0.2, -0.15) is 0 Å². The molecule has 0 aliphatic heterocycles. The third-order valence-electron chi connectivity index (χ3n) is 3.40. The first-order chi connectivity index (χ1) is 10.2. The van der Waals surface area contributed by atoms with E-state index in [1.807, 2.05) is 0 Å². The van der Waals surface area contributed by atoms with Crippen molar-refractivity contribution in [3.8, 4) is 11.1 Å². The van der Waals surface area contributed by atoms with Crippen LogP contribution in [0.4, 0.5) is 35.1 Å². The Morgan fingerprint density at radius 3 is 1.05 bits per heavy atom. The summed E-state index contributed by atoms with van der Waals surface area (Å²) in [5, 5.41) is 0. The minimum absolute atomic E-state index is 0.922. The van der Waals surface area contributed by atoms with Crippen LogP contribution in [0.1, 0.15) is 15.8 Å². The summed E-state index contributed by atoms with van der Waals surface area (Å²) < 4.78 is 107. The maximum absolute atomic E-state index is 13.8. The number of hydrogen-bond acceptors (Lipinski definition) is 0. The average molecular weight is 384 g/mol. The molecule has 0 unspecified atom stereocenters. The summed E-state index contributed by atoms with van der Waals surface area (Å²) in [6, 6.07) is 0. The third-order valence-corrected chi connectivity index (χ3v) is 4.49. The van der Waals surface area contributed by atoms with Gasteiger partial charge in [0, 0.05) is 0 Å². The zero-order valence-electron chi connectivity index (χ0n) is 10.0. The van der Waals surface area contributed by atoms with E-state index in [4.69, 9.17) is 0 Å². The average Bonchev–Trinajstić information content (AvgIpc) is 2.80. The SMILES string of the molecule is Fc1c(F)c(F)c2c(c1F)-c1c(F)c(F)c(F)c(F)c1C2[As]. The van der Waals surface area contributed by atoms with Crippen LogP contribution in [0.25, 0.3) is 11.1 Å². The Bertz CT molecular complexity index is 776. The first kappa shape index (κ1) is 15.3. The number of hydrogen-bond donors (Lipinski definition) is 0. The van der Waals surface area contributed by atoms with Gasteiger partial charge in [-0.25, -0.2) is 0 Å². The second-order valence-electron chi connectivity index (χ2n) is 4.49. The zero-order chi connectivity index (χ0) is 16.5. The number of rotatable bonds is 0. The van der Waals surface area contributed by atoms with Gasteiger partial charge in [-0.15, -0.1) is 0 Å². The van der Waals surface area contributed by atoms with Crippen LogP contribution in [-0.4, -0.2) is 16.9 Å². The quantitative estimate of drug-likeness (QED) is 0.279. The first-order valence-electron chi connectivity index (χ1n) is 5.60. The monoisotopic (exact) mass is 384 g/mol. The predicted octanol–water partition coefficient (Wildman–Crippen LogP) is 4.04. The van der Waals surface area contributed by atoms with E-state index in [9.17, 15) is 35.1 Å². The van der Waals surface area contributed by atoms with E-state index in [1.165, 1.54) is 0 Å². The Morgan fingerprint density at radius 2 is 0.727 bits per heavy atom. The molecule has 0 saturated carbocycles. The van der Waals surface area contributed by atoms with Crippen molar-refractivity contribution >= 4 is 16.9 Å². The molecule has 0 atom stereocenters. The second-order valence-corrected chi connectivity index (χ2v) is 5.58. The van der Waals surface area contributed by atoms with Crippen LogP contribution in [0.3, 0.4) is 0 Å². The van der Waals surface area contributed by atoms with Crippen molar-refractivity contribution < 1.29 is 35.1 Å². The van der Waals surface area contributed by atoms with Crippen molar-refractivity contribution in [2.45, 2.75) is 4.71 Å². The van der Waals surface area contributed by atoms with Crippen LogP contribution in [-0.2, 0) is 0 Å². The third kappa shape index (κ3) is 1.64. The number of halogens is 8. The Balaban J connectivity index is 2.56. The van der Waals surface area contributed by atoms with Crippen LogP contribution in [0.2, 0.25) is 0 Å². The standard InChI is InChI=1S/C13HAsF8/c14-5-3-1(6(15)10(19)12(21)8(3)17)2-4(5)9(18)13(22)11(20)7(2)16/h5H. The van der Waals surface area contributed by atoms with Crippen molar-refractivity contribution in [2.75, 3.05) is 0 Å². The summed E-state index contributed by atoms with van der Waals surface area (Å²) in [7, 11) is 0. The van der Waals surface area contributed by atoms with Gasteiger partial charge in [-0.05, 0) is 0 Å². The summed E-state index contributed by atoms with van der Waals surface area (Å²) in [6.45, 7) is 0. The molecular formula is C13HAsF8. The topological polar surface area (TPSA) is 0 Å². The van der Waals surface area contributed by atoms with Crippen molar-refractivity contribution in [3.63, 3.8) is 0 Å². The van der Waals surface area contributed by atoms with Gasteiger partial charge >= 0.3 is 125 Å². The van der Waals surface area contributed by atoms with E-state index in [2.05, 4.69) is 0 Å². The van der Waals surface area contributed by atoms with Gasteiger partial charge in [0.2, 0.25) is 0 Å². The Morgan fingerprint density at radius 1 is 0.455 bits per heavy atom.